The molecule has 0 heterocycles. The number of ether oxygens (including phenoxy) is 2. The molecule has 2 aliphatic carbocycles. The number of fused-ring (bicyclic) bond motifs is 1. The van der Waals surface area contributed by atoms with E-state index in [0.717, 1.165) is 18.4 Å². The average molecular weight is 374 g/mol. The summed E-state index contributed by atoms with van der Waals surface area (Å²) in [5.41, 5.74) is 6.49. The smallest absolute Gasteiger partial charge is 0.191 e. The van der Waals surface area contributed by atoms with E-state index in [-0.39, 0.29) is 17.2 Å². The molecule has 0 aliphatic heterocycles. The van der Waals surface area contributed by atoms with Crippen LogP contribution in [0.3, 0.4) is 0 Å². The minimum absolute atomic E-state index is 0.0265. The summed E-state index contributed by atoms with van der Waals surface area (Å²) in [4.78, 5) is 0. The summed E-state index contributed by atoms with van der Waals surface area (Å²) >= 11 is 0. The van der Waals surface area contributed by atoms with E-state index in [1.54, 1.807) is 6.07 Å². The zero-order valence-corrected chi connectivity index (χ0v) is 16.0. The zero-order chi connectivity index (χ0) is 20.3. The largest absolute Gasteiger partial charge is 0.494 e. The predicted molar refractivity (Wildman–Crippen MR) is 103 cm³/mol. The van der Waals surface area contributed by atoms with Crippen molar-refractivity contribution in [2.45, 2.75) is 32.6 Å². The second-order valence-corrected chi connectivity index (χ2v) is 6.82. The van der Waals surface area contributed by atoms with Crippen LogP contribution in [-0.2, 0) is 0 Å². The third-order valence-corrected chi connectivity index (χ3v) is 5.48. The monoisotopic (exact) mass is 374 g/mol. The lowest BCUT2D eigenvalue weighted by Crippen LogP contribution is -2.41. The van der Waals surface area contributed by atoms with Gasteiger partial charge in [-0.25, -0.2) is 0 Å². The van der Waals surface area contributed by atoms with Crippen molar-refractivity contribution >= 4 is 0 Å². The number of rotatable bonds is 5. The van der Waals surface area contributed by atoms with Crippen LogP contribution in [0.2, 0.25) is 0 Å². The molecule has 28 heavy (non-hydrogen) atoms. The maximum absolute atomic E-state index is 10.1. The maximum Gasteiger partial charge on any atom is 0.191 e. The SMILES string of the molecule is CCOc1ccc(OCC)c(C2C3CCC=C3C(C#N)=C(N)C2(C#N)C#N)c1. The van der Waals surface area contributed by atoms with Gasteiger partial charge in [-0.1, -0.05) is 6.08 Å². The van der Waals surface area contributed by atoms with Gasteiger partial charge in [-0.2, -0.15) is 15.8 Å². The van der Waals surface area contributed by atoms with Gasteiger partial charge < -0.3 is 15.2 Å². The van der Waals surface area contributed by atoms with Gasteiger partial charge in [0.15, 0.2) is 5.41 Å². The normalized spacial score (nSPS) is 22.3. The molecule has 0 spiro atoms. The van der Waals surface area contributed by atoms with Crippen LogP contribution >= 0.6 is 0 Å². The molecule has 0 saturated heterocycles. The Balaban J connectivity index is 2.31. The van der Waals surface area contributed by atoms with Gasteiger partial charge in [0.05, 0.1) is 36.6 Å². The standard InChI is InChI=1S/C22H22N4O2/c1-3-27-14-8-9-19(28-4-2)17(10-14)20-16-7-5-6-15(16)18(11-23)21(26)22(20,12-24)13-25/h6,8-10,16,20H,3-5,7,26H2,1-2H3. The van der Waals surface area contributed by atoms with Gasteiger partial charge in [0.1, 0.15) is 17.6 Å². The van der Waals surface area contributed by atoms with Gasteiger partial charge in [-0.05, 0) is 56.4 Å². The molecule has 2 unspecified atom stereocenters. The van der Waals surface area contributed by atoms with Crippen molar-refractivity contribution in [1.29, 1.82) is 15.8 Å². The Hall–Kier alpha value is -3.43. The molecule has 1 aromatic carbocycles. The lowest BCUT2D eigenvalue weighted by atomic mass is 9.59. The highest BCUT2D eigenvalue weighted by molar-refractivity contribution is 5.61. The summed E-state index contributed by atoms with van der Waals surface area (Å²) in [6.07, 6.45) is 3.51. The number of nitrogens with zero attached hydrogens (tertiary/aromatic N) is 3. The Morgan fingerprint density at radius 1 is 1.14 bits per heavy atom. The van der Waals surface area contributed by atoms with Crippen molar-refractivity contribution in [2.24, 2.45) is 17.1 Å². The fourth-order valence-electron chi connectivity index (χ4n) is 4.35. The highest BCUT2D eigenvalue weighted by Crippen LogP contribution is 2.58. The molecule has 1 aromatic rings. The minimum Gasteiger partial charge on any atom is -0.494 e. The summed E-state index contributed by atoms with van der Waals surface area (Å²) in [5, 5.41) is 29.8. The van der Waals surface area contributed by atoms with Crippen molar-refractivity contribution in [1.82, 2.24) is 0 Å². The number of nitriles is 3. The lowest BCUT2D eigenvalue weighted by molar-refractivity contribution is 0.300. The van der Waals surface area contributed by atoms with Crippen molar-refractivity contribution in [3.8, 4) is 29.7 Å². The zero-order valence-electron chi connectivity index (χ0n) is 16.0. The first kappa shape index (κ1) is 19.3. The molecule has 6 heteroatoms. The van der Waals surface area contributed by atoms with Gasteiger partial charge in [0.2, 0.25) is 0 Å². The topological polar surface area (TPSA) is 116 Å². The minimum atomic E-state index is -1.64. The van der Waals surface area contributed by atoms with Crippen LogP contribution in [0.4, 0.5) is 0 Å². The molecular formula is C22H22N4O2. The summed E-state index contributed by atoms with van der Waals surface area (Å²) in [7, 11) is 0. The van der Waals surface area contributed by atoms with Crippen molar-refractivity contribution in [2.75, 3.05) is 13.2 Å². The lowest BCUT2D eigenvalue weighted by Gasteiger charge is -2.40. The number of hydrogen-bond acceptors (Lipinski definition) is 6. The first-order valence-corrected chi connectivity index (χ1v) is 9.40. The molecule has 2 N–H and O–H groups in total. The van der Waals surface area contributed by atoms with E-state index in [9.17, 15) is 15.8 Å². The first-order valence-electron chi connectivity index (χ1n) is 9.40. The second kappa shape index (κ2) is 7.67. The van der Waals surface area contributed by atoms with E-state index < -0.39 is 11.3 Å². The maximum atomic E-state index is 10.1. The third-order valence-electron chi connectivity index (χ3n) is 5.48. The molecule has 2 aliphatic rings. The Bertz CT molecular complexity index is 958. The summed E-state index contributed by atoms with van der Waals surface area (Å²) < 4.78 is 11.5. The molecule has 0 aromatic heterocycles. The van der Waals surface area contributed by atoms with Crippen LogP contribution in [0.15, 0.2) is 41.1 Å². The molecule has 0 saturated carbocycles. The average Bonchev–Trinajstić information content (AvgIpc) is 3.18. The number of hydrogen-bond donors (Lipinski definition) is 1. The van der Waals surface area contributed by atoms with Gasteiger partial charge in [-0.15, -0.1) is 0 Å². The van der Waals surface area contributed by atoms with E-state index in [0.29, 0.717) is 30.3 Å². The van der Waals surface area contributed by atoms with Crippen LogP contribution in [0.5, 0.6) is 11.5 Å². The number of allylic oxidation sites excluding steroid dienone is 4. The second-order valence-electron chi connectivity index (χ2n) is 6.82. The molecule has 6 nitrogen and oxygen atoms in total. The van der Waals surface area contributed by atoms with Crippen LogP contribution < -0.4 is 15.2 Å². The fraction of sp³-hybridized carbons (Fsp3) is 0.409. The van der Waals surface area contributed by atoms with E-state index in [2.05, 4.69) is 18.2 Å². The highest BCUT2D eigenvalue weighted by Gasteiger charge is 2.55. The highest BCUT2D eigenvalue weighted by atomic mass is 16.5. The molecule has 0 bridgehead atoms. The van der Waals surface area contributed by atoms with Gasteiger partial charge >= 0.3 is 0 Å². The number of nitrogens with two attached hydrogens (primary N) is 1. The summed E-state index contributed by atoms with van der Waals surface area (Å²) in [6.45, 7) is 4.71. The Kier molecular flexibility index (Phi) is 5.30. The molecule has 0 radical (unpaired) electrons. The Morgan fingerprint density at radius 2 is 1.86 bits per heavy atom. The molecular weight excluding hydrogens is 352 g/mol. The van der Waals surface area contributed by atoms with Crippen LogP contribution in [0.25, 0.3) is 0 Å². The van der Waals surface area contributed by atoms with Gasteiger partial charge in [0, 0.05) is 11.5 Å². The van der Waals surface area contributed by atoms with E-state index in [1.807, 2.05) is 32.1 Å². The summed E-state index contributed by atoms with van der Waals surface area (Å²) in [5.74, 6) is 0.542. The third kappa shape index (κ3) is 2.77. The number of benzene rings is 1. The van der Waals surface area contributed by atoms with E-state index >= 15 is 0 Å². The van der Waals surface area contributed by atoms with Crippen LogP contribution in [0, 0.1) is 45.3 Å². The van der Waals surface area contributed by atoms with Crippen molar-refractivity contribution < 1.29 is 9.47 Å². The fourth-order valence-corrected chi connectivity index (χ4v) is 4.35. The Morgan fingerprint density at radius 3 is 2.46 bits per heavy atom. The van der Waals surface area contributed by atoms with Crippen molar-refractivity contribution in [3.63, 3.8) is 0 Å². The van der Waals surface area contributed by atoms with Crippen molar-refractivity contribution in [3.05, 3.63) is 46.7 Å². The van der Waals surface area contributed by atoms with Crippen LogP contribution in [-0.4, -0.2) is 13.2 Å². The predicted octanol–water partition coefficient (Wildman–Crippen LogP) is 3.69. The first-order chi connectivity index (χ1) is 13.6. The van der Waals surface area contributed by atoms with Crippen LogP contribution in [0.1, 0.15) is 38.2 Å². The Labute approximate surface area is 165 Å². The quantitative estimate of drug-likeness (QED) is 0.840. The van der Waals surface area contributed by atoms with E-state index in [4.69, 9.17) is 15.2 Å². The molecule has 0 fully saturated rings. The van der Waals surface area contributed by atoms with Gasteiger partial charge in [-0.3, -0.25) is 0 Å². The van der Waals surface area contributed by atoms with E-state index in [1.165, 1.54) is 0 Å². The molecule has 142 valence electrons. The molecule has 3 rings (SSSR count). The summed E-state index contributed by atoms with van der Waals surface area (Å²) in [6, 6.07) is 11.9. The molecule has 2 atom stereocenters. The van der Waals surface area contributed by atoms with Gasteiger partial charge in [0.25, 0.3) is 0 Å². The molecule has 0 amide bonds.